The van der Waals surface area contributed by atoms with Gasteiger partial charge in [-0.1, -0.05) is 32.6 Å². The van der Waals surface area contributed by atoms with Gasteiger partial charge in [0, 0.05) is 0 Å². The van der Waals surface area contributed by atoms with E-state index in [1.165, 1.54) is 31.7 Å². The standard InChI is InChI=1S/C28H40BrN2O2Si/c1-5-6-7-8-9-18-33-26-16-12-23(13-17-26)27-21-31(22-32-19-20-34(2,3)4)28(30-27)24-10-14-25(29)15-11-24/h10-17,21,34H,5-9,18-20,22H2,1-4H3/q-1. The van der Waals surface area contributed by atoms with Gasteiger partial charge in [0.25, 0.3) is 0 Å². The van der Waals surface area contributed by atoms with Crippen molar-refractivity contribution in [1.82, 2.24) is 9.55 Å². The van der Waals surface area contributed by atoms with Crippen LogP contribution in [-0.2, 0) is 11.5 Å². The van der Waals surface area contributed by atoms with Gasteiger partial charge in [0.1, 0.15) is 0 Å². The molecule has 0 N–H and O–H groups in total. The first-order valence-electron chi connectivity index (χ1n) is 12.8. The van der Waals surface area contributed by atoms with Gasteiger partial charge in [-0.2, -0.15) is 0 Å². The van der Waals surface area contributed by atoms with E-state index in [9.17, 15) is 0 Å². The molecule has 0 bridgehead atoms. The maximum absolute atomic E-state index is 6.06. The average Bonchev–Trinajstić information content (AvgIpc) is 3.23. The van der Waals surface area contributed by atoms with Gasteiger partial charge in [-0.05, 0) is 6.42 Å². The zero-order valence-corrected chi connectivity index (χ0v) is 24.0. The summed E-state index contributed by atoms with van der Waals surface area (Å²) in [7, 11) is -1.39. The van der Waals surface area contributed by atoms with Crippen molar-refractivity contribution < 1.29 is 9.47 Å². The molecule has 0 aliphatic rings. The molecule has 3 rings (SSSR count). The molecule has 0 saturated heterocycles. The van der Waals surface area contributed by atoms with Crippen LogP contribution in [0, 0.1) is 0 Å². The Morgan fingerprint density at radius 3 is 2.21 bits per heavy atom. The summed E-state index contributed by atoms with van der Waals surface area (Å²) in [6.45, 7) is 11.5. The van der Waals surface area contributed by atoms with Gasteiger partial charge in [-0.3, -0.25) is 0 Å². The van der Waals surface area contributed by atoms with Crippen molar-refractivity contribution in [3.05, 3.63) is 59.2 Å². The van der Waals surface area contributed by atoms with Crippen LogP contribution in [0.4, 0.5) is 0 Å². The number of imidazole rings is 1. The SMILES string of the molecule is CCCCCCCOc1ccc(-c2cn(COCC[SiH-](C)(C)C)c(-c3ccc(Br)cc3)n2)cc1. The Morgan fingerprint density at radius 1 is 0.853 bits per heavy atom. The molecule has 0 aliphatic carbocycles. The molecule has 1 aromatic heterocycles. The fraction of sp³-hybridized carbons (Fsp3) is 0.464. The number of rotatable bonds is 14. The molecular weight excluding hydrogens is 504 g/mol. The van der Waals surface area contributed by atoms with Crippen LogP contribution in [0.15, 0.2) is 59.2 Å². The molecule has 0 aliphatic heterocycles. The van der Waals surface area contributed by atoms with Crippen LogP contribution < -0.4 is 4.74 Å². The van der Waals surface area contributed by atoms with Crippen molar-refractivity contribution in [2.75, 3.05) is 13.2 Å². The molecule has 6 heteroatoms. The normalized spacial score (nSPS) is 12.1. The van der Waals surface area contributed by atoms with Crippen LogP contribution in [0.1, 0.15) is 39.0 Å². The second kappa shape index (κ2) is 13.3. The summed E-state index contributed by atoms with van der Waals surface area (Å²) in [5, 5.41) is 0. The molecule has 0 radical (unpaired) electrons. The van der Waals surface area contributed by atoms with E-state index in [1.54, 1.807) is 0 Å². The Hall–Kier alpha value is -1.89. The summed E-state index contributed by atoms with van der Waals surface area (Å²) in [4.78, 5) is 4.98. The third kappa shape index (κ3) is 8.71. The molecule has 0 fully saturated rings. The van der Waals surface area contributed by atoms with Crippen molar-refractivity contribution in [2.24, 2.45) is 0 Å². The van der Waals surface area contributed by atoms with Crippen LogP contribution in [0.3, 0.4) is 0 Å². The number of hydrogen-bond donors (Lipinski definition) is 0. The molecular formula is C28H40BrN2O2Si-. The van der Waals surface area contributed by atoms with Gasteiger partial charge in [-0.15, -0.1) is 0 Å². The predicted octanol–water partition coefficient (Wildman–Crippen LogP) is 8.37. The zero-order valence-electron chi connectivity index (χ0n) is 21.2. The summed E-state index contributed by atoms with van der Waals surface area (Å²) in [6.07, 6.45) is 8.32. The molecule has 34 heavy (non-hydrogen) atoms. The number of benzene rings is 2. The second-order valence-electron chi connectivity index (χ2n) is 10.5. The van der Waals surface area contributed by atoms with Crippen molar-refractivity contribution in [2.45, 2.75) is 71.4 Å². The molecule has 0 atom stereocenters. The maximum atomic E-state index is 6.06. The van der Waals surface area contributed by atoms with Gasteiger partial charge >= 0.3 is 170 Å². The molecule has 4 nitrogen and oxygen atoms in total. The van der Waals surface area contributed by atoms with E-state index in [-0.39, 0.29) is 0 Å². The first kappa shape index (κ1) is 26.7. The summed E-state index contributed by atoms with van der Waals surface area (Å²) in [5.41, 5.74) is 3.10. The number of unbranched alkanes of at least 4 members (excludes halogenated alkanes) is 4. The van der Waals surface area contributed by atoms with E-state index in [1.807, 2.05) is 12.1 Å². The first-order chi connectivity index (χ1) is 16.4. The summed E-state index contributed by atoms with van der Waals surface area (Å²) < 4.78 is 15.2. The Kier molecular flexibility index (Phi) is 10.4. The molecule has 186 valence electrons. The van der Waals surface area contributed by atoms with E-state index in [0.717, 1.165) is 52.5 Å². The Labute approximate surface area is 214 Å². The third-order valence-corrected chi connectivity index (χ3v) is 8.40. The molecule has 0 spiro atoms. The molecule has 1 heterocycles. The Balaban J connectivity index is 1.69. The zero-order chi connectivity index (χ0) is 24.4. The van der Waals surface area contributed by atoms with E-state index in [4.69, 9.17) is 14.5 Å². The number of ether oxygens (including phenoxy) is 2. The van der Waals surface area contributed by atoms with Crippen molar-refractivity contribution >= 4 is 24.0 Å². The van der Waals surface area contributed by atoms with Crippen molar-refractivity contribution in [3.8, 4) is 28.4 Å². The van der Waals surface area contributed by atoms with E-state index in [2.05, 4.69) is 89.7 Å². The monoisotopic (exact) mass is 543 g/mol. The number of nitrogens with zero attached hydrogens (tertiary/aromatic N) is 2. The van der Waals surface area contributed by atoms with Crippen molar-refractivity contribution in [3.63, 3.8) is 0 Å². The molecule has 2 aromatic carbocycles. The predicted molar refractivity (Wildman–Crippen MR) is 151 cm³/mol. The molecule has 0 unspecified atom stereocenters. The van der Waals surface area contributed by atoms with E-state index in [0.29, 0.717) is 6.73 Å². The summed E-state index contributed by atoms with van der Waals surface area (Å²) in [6, 6.07) is 17.8. The molecule has 0 saturated carbocycles. The third-order valence-electron chi connectivity index (χ3n) is 5.90. The fourth-order valence-corrected chi connectivity index (χ4v) is 4.84. The van der Waals surface area contributed by atoms with Gasteiger partial charge in [-0.25, -0.2) is 0 Å². The summed E-state index contributed by atoms with van der Waals surface area (Å²) >= 11 is 3.53. The number of hydrogen-bond acceptors (Lipinski definition) is 3. The first-order valence-corrected chi connectivity index (χ1v) is 17.9. The van der Waals surface area contributed by atoms with Gasteiger partial charge in [0.15, 0.2) is 0 Å². The number of aromatic nitrogens is 2. The van der Waals surface area contributed by atoms with Crippen LogP contribution in [0.5, 0.6) is 5.75 Å². The molecule has 3 aromatic rings. The second-order valence-corrected chi connectivity index (χ2v) is 17.9. The van der Waals surface area contributed by atoms with Crippen LogP contribution >= 0.6 is 15.9 Å². The average molecular weight is 545 g/mol. The Bertz CT molecular complexity index is 995. The quantitative estimate of drug-likeness (QED) is 0.151. The topological polar surface area (TPSA) is 36.3 Å². The van der Waals surface area contributed by atoms with Crippen molar-refractivity contribution in [1.29, 1.82) is 0 Å². The van der Waals surface area contributed by atoms with Crippen LogP contribution in [0.25, 0.3) is 22.6 Å². The van der Waals surface area contributed by atoms with Gasteiger partial charge in [0.2, 0.25) is 0 Å². The van der Waals surface area contributed by atoms with Gasteiger partial charge < -0.3 is 0 Å². The molecule has 0 amide bonds. The Morgan fingerprint density at radius 2 is 1.53 bits per heavy atom. The minimum absolute atomic E-state index is 0.507. The van der Waals surface area contributed by atoms with Crippen LogP contribution in [0.2, 0.25) is 25.7 Å². The van der Waals surface area contributed by atoms with E-state index >= 15 is 0 Å². The minimum atomic E-state index is -1.39. The van der Waals surface area contributed by atoms with Crippen LogP contribution in [-0.4, -0.2) is 30.8 Å². The van der Waals surface area contributed by atoms with E-state index < -0.39 is 8.07 Å². The number of halogens is 1. The fourth-order valence-electron chi connectivity index (χ4n) is 3.70. The van der Waals surface area contributed by atoms with Gasteiger partial charge in [0.05, 0.1) is 6.61 Å². The summed E-state index contributed by atoms with van der Waals surface area (Å²) in [5.74, 6) is 1.84.